The lowest BCUT2D eigenvalue weighted by Gasteiger charge is -2.07. The van der Waals surface area contributed by atoms with Crippen LogP contribution in [0.15, 0.2) is 31.4 Å². The molecule has 0 aliphatic heterocycles. The fourth-order valence-electron chi connectivity index (χ4n) is 2.03. The molecule has 3 rings (SSSR count). The third-order valence-electron chi connectivity index (χ3n) is 3.25. The fourth-order valence-corrected chi connectivity index (χ4v) is 4.82. The van der Waals surface area contributed by atoms with E-state index >= 15 is 0 Å². The highest BCUT2D eigenvalue weighted by Crippen LogP contribution is 2.33. The van der Waals surface area contributed by atoms with Crippen LogP contribution in [-0.4, -0.2) is 40.3 Å². The van der Waals surface area contributed by atoms with E-state index in [0.29, 0.717) is 29.0 Å². The first-order chi connectivity index (χ1) is 12.7. The zero-order chi connectivity index (χ0) is 18.4. The van der Waals surface area contributed by atoms with E-state index in [1.807, 2.05) is 18.2 Å². The highest BCUT2D eigenvalue weighted by molar-refractivity contribution is 8.02. The lowest BCUT2D eigenvalue weighted by molar-refractivity contribution is 0.355. The van der Waals surface area contributed by atoms with E-state index in [1.165, 1.54) is 0 Å². The summed E-state index contributed by atoms with van der Waals surface area (Å²) in [6.45, 7) is 2.15. The van der Waals surface area contributed by atoms with E-state index in [2.05, 4.69) is 27.3 Å². The minimum absolute atomic E-state index is 0.512. The van der Waals surface area contributed by atoms with Gasteiger partial charge in [0.2, 0.25) is 11.7 Å². The molecule has 26 heavy (non-hydrogen) atoms. The molecule has 0 saturated carbocycles. The Morgan fingerprint density at radius 2 is 1.85 bits per heavy atom. The van der Waals surface area contributed by atoms with Crippen molar-refractivity contribution in [1.82, 2.24) is 20.3 Å². The largest absolute Gasteiger partial charge is 0.493 e. The summed E-state index contributed by atoms with van der Waals surface area (Å²) in [6, 6.07) is 5.50. The summed E-state index contributed by atoms with van der Waals surface area (Å²) in [7, 11) is 3.19. The standard InChI is InChI=1S/C16H18N4O3S3/c1-4-7-24-15-18-19-16(26-15)25-9-13-17-14(20-23-13)10-5-6-11(21-2)12(8-10)22-3/h5-6,8H,4,7,9H2,1-3H3. The van der Waals surface area contributed by atoms with Gasteiger partial charge in [0.15, 0.2) is 20.2 Å². The third-order valence-corrected chi connectivity index (χ3v) is 6.63. The van der Waals surface area contributed by atoms with Gasteiger partial charge in [-0.1, -0.05) is 46.9 Å². The van der Waals surface area contributed by atoms with Gasteiger partial charge < -0.3 is 14.0 Å². The van der Waals surface area contributed by atoms with E-state index in [0.717, 1.165) is 26.4 Å². The van der Waals surface area contributed by atoms with Crippen molar-refractivity contribution in [3.8, 4) is 22.9 Å². The Hall–Kier alpha value is -1.78. The van der Waals surface area contributed by atoms with E-state index in [4.69, 9.17) is 14.0 Å². The monoisotopic (exact) mass is 410 g/mol. The number of methoxy groups -OCH3 is 2. The van der Waals surface area contributed by atoms with Crippen molar-refractivity contribution in [2.75, 3.05) is 20.0 Å². The molecule has 2 heterocycles. The number of hydrogen-bond donors (Lipinski definition) is 0. The molecule has 7 nitrogen and oxygen atoms in total. The maximum absolute atomic E-state index is 5.34. The average Bonchev–Trinajstić information content (AvgIpc) is 3.33. The first-order valence-electron chi connectivity index (χ1n) is 7.87. The van der Waals surface area contributed by atoms with Crippen LogP contribution in [0.4, 0.5) is 0 Å². The molecule has 0 saturated heterocycles. The van der Waals surface area contributed by atoms with Gasteiger partial charge in [0.05, 0.1) is 20.0 Å². The van der Waals surface area contributed by atoms with Crippen molar-refractivity contribution in [3.05, 3.63) is 24.1 Å². The summed E-state index contributed by atoms with van der Waals surface area (Å²) in [5, 5.41) is 12.4. The van der Waals surface area contributed by atoms with E-state index in [-0.39, 0.29) is 0 Å². The van der Waals surface area contributed by atoms with Crippen molar-refractivity contribution in [2.24, 2.45) is 0 Å². The van der Waals surface area contributed by atoms with Gasteiger partial charge in [-0.05, 0) is 24.6 Å². The second-order valence-corrected chi connectivity index (χ2v) is 8.59. The summed E-state index contributed by atoms with van der Waals surface area (Å²) in [4.78, 5) is 4.44. The van der Waals surface area contributed by atoms with Crippen molar-refractivity contribution < 1.29 is 14.0 Å². The molecule has 0 fully saturated rings. The second-order valence-electron chi connectivity index (χ2n) is 5.05. The zero-order valence-corrected chi connectivity index (χ0v) is 17.0. The van der Waals surface area contributed by atoms with Crippen LogP contribution in [0.2, 0.25) is 0 Å². The van der Waals surface area contributed by atoms with E-state index < -0.39 is 0 Å². The molecular weight excluding hydrogens is 392 g/mol. The third kappa shape index (κ3) is 4.68. The summed E-state index contributed by atoms with van der Waals surface area (Å²) >= 11 is 4.86. The van der Waals surface area contributed by atoms with Crippen LogP contribution < -0.4 is 9.47 Å². The van der Waals surface area contributed by atoms with Crippen LogP contribution in [0.1, 0.15) is 19.2 Å². The minimum Gasteiger partial charge on any atom is -0.493 e. The van der Waals surface area contributed by atoms with Crippen LogP contribution in [0.25, 0.3) is 11.4 Å². The molecule has 138 valence electrons. The van der Waals surface area contributed by atoms with Gasteiger partial charge >= 0.3 is 0 Å². The molecule has 0 aliphatic carbocycles. The van der Waals surface area contributed by atoms with Crippen molar-refractivity contribution in [2.45, 2.75) is 27.8 Å². The Kier molecular flexibility index (Phi) is 6.75. The number of hydrogen-bond acceptors (Lipinski definition) is 10. The van der Waals surface area contributed by atoms with Crippen LogP contribution in [-0.2, 0) is 5.75 Å². The average molecular weight is 411 g/mol. The number of nitrogens with zero attached hydrogens (tertiary/aromatic N) is 4. The molecule has 0 atom stereocenters. The normalized spacial score (nSPS) is 10.9. The van der Waals surface area contributed by atoms with Crippen molar-refractivity contribution >= 4 is 34.9 Å². The van der Waals surface area contributed by atoms with Gasteiger partial charge in [0.1, 0.15) is 0 Å². The quantitative estimate of drug-likeness (QED) is 0.477. The number of benzene rings is 1. The van der Waals surface area contributed by atoms with Crippen LogP contribution in [0, 0.1) is 0 Å². The highest BCUT2D eigenvalue weighted by Gasteiger charge is 2.13. The van der Waals surface area contributed by atoms with E-state index in [1.54, 1.807) is 49.1 Å². The molecule has 2 aromatic heterocycles. The Morgan fingerprint density at radius 3 is 2.58 bits per heavy atom. The maximum atomic E-state index is 5.34. The fraction of sp³-hybridized carbons (Fsp3) is 0.375. The van der Waals surface area contributed by atoms with Gasteiger partial charge in [0.25, 0.3) is 0 Å². The lowest BCUT2D eigenvalue weighted by Crippen LogP contribution is -1.91. The Balaban J connectivity index is 1.64. The summed E-state index contributed by atoms with van der Waals surface area (Å²) < 4.78 is 17.8. The molecule has 10 heteroatoms. The maximum Gasteiger partial charge on any atom is 0.237 e. The number of thioether (sulfide) groups is 2. The first kappa shape index (κ1) is 19.0. The molecular formula is C16H18N4O3S3. The topological polar surface area (TPSA) is 83.2 Å². The van der Waals surface area contributed by atoms with Gasteiger partial charge in [0, 0.05) is 11.3 Å². The first-order valence-corrected chi connectivity index (χ1v) is 10.7. The molecule has 0 radical (unpaired) electrons. The minimum atomic E-state index is 0.512. The summed E-state index contributed by atoms with van der Waals surface area (Å²) in [5.74, 6) is 3.93. The Bertz CT molecular complexity index is 853. The van der Waals surface area contributed by atoms with Crippen molar-refractivity contribution in [1.29, 1.82) is 0 Å². The number of aromatic nitrogens is 4. The predicted molar refractivity (Wildman–Crippen MR) is 103 cm³/mol. The lowest BCUT2D eigenvalue weighted by atomic mass is 10.2. The van der Waals surface area contributed by atoms with Gasteiger partial charge in [-0.2, -0.15) is 4.98 Å². The number of ether oxygens (including phenoxy) is 2. The highest BCUT2D eigenvalue weighted by atomic mass is 32.2. The van der Waals surface area contributed by atoms with Crippen LogP contribution >= 0.6 is 34.9 Å². The molecule has 0 N–H and O–H groups in total. The van der Waals surface area contributed by atoms with E-state index in [9.17, 15) is 0 Å². The molecule has 1 aromatic carbocycles. The smallest absolute Gasteiger partial charge is 0.237 e. The predicted octanol–water partition coefficient (Wildman–Crippen LogP) is 4.40. The van der Waals surface area contributed by atoms with Gasteiger partial charge in [-0.25, -0.2) is 0 Å². The SMILES string of the molecule is CCCSc1nnc(SCc2nc(-c3ccc(OC)c(OC)c3)no2)s1. The summed E-state index contributed by atoms with van der Waals surface area (Å²) in [6.07, 6.45) is 1.12. The number of rotatable bonds is 9. The zero-order valence-electron chi connectivity index (χ0n) is 14.6. The molecule has 3 aromatic rings. The summed E-state index contributed by atoms with van der Waals surface area (Å²) in [5.41, 5.74) is 0.803. The molecule has 0 aliphatic rings. The molecule has 0 spiro atoms. The molecule has 0 unspecified atom stereocenters. The van der Waals surface area contributed by atoms with Crippen LogP contribution in [0.3, 0.4) is 0 Å². The van der Waals surface area contributed by atoms with Gasteiger partial charge in [-0.3, -0.25) is 0 Å². The second kappa shape index (κ2) is 9.24. The Labute approximate surface area is 163 Å². The molecule has 0 bridgehead atoms. The van der Waals surface area contributed by atoms with Gasteiger partial charge in [-0.15, -0.1) is 10.2 Å². The Morgan fingerprint density at radius 1 is 1.08 bits per heavy atom. The molecule has 0 amide bonds. The van der Waals surface area contributed by atoms with Crippen LogP contribution in [0.5, 0.6) is 11.5 Å². The van der Waals surface area contributed by atoms with Crippen molar-refractivity contribution in [3.63, 3.8) is 0 Å².